The first kappa shape index (κ1) is 17.4. The van der Waals surface area contributed by atoms with Gasteiger partial charge >= 0.3 is 0 Å². The summed E-state index contributed by atoms with van der Waals surface area (Å²) in [5.74, 6) is 0. The highest BCUT2D eigenvalue weighted by Gasteiger charge is 2.17. The fourth-order valence-electron chi connectivity index (χ4n) is 2.21. The molecule has 1 rings (SSSR count). The molecule has 0 bridgehead atoms. The summed E-state index contributed by atoms with van der Waals surface area (Å²) in [4.78, 5) is 15.0. The van der Waals surface area contributed by atoms with Crippen molar-refractivity contribution in [3.63, 3.8) is 0 Å². The quantitative estimate of drug-likeness (QED) is 0.421. The van der Waals surface area contributed by atoms with E-state index in [2.05, 4.69) is 29.0 Å². The number of hydrogen-bond acceptors (Lipinski definition) is 5. The van der Waals surface area contributed by atoms with Crippen LogP contribution in [0.1, 0.15) is 13.8 Å². The van der Waals surface area contributed by atoms with Crippen LogP contribution in [0.15, 0.2) is 0 Å². The largest absolute Gasteiger partial charge is 0.378 e. The highest BCUT2D eigenvalue weighted by Crippen LogP contribution is 2.05. The minimum Gasteiger partial charge on any atom is -0.378 e. The number of carbonyl (C=O) groups is 1. The monoisotopic (exact) mass is 287 g/mol. The molecule has 0 unspecified atom stereocenters. The third-order valence-corrected chi connectivity index (χ3v) is 3.54. The highest BCUT2D eigenvalue weighted by molar-refractivity contribution is 5.45. The highest BCUT2D eigenvalue weighted by atomic mass is 16.5. The van der Waals surface area contributed by atoms with Crippen LogP contribution in [-0.2, 0) is 14.3 Å². The lowest BCUT2D eigenvalue weighted by Gasteiger charge is -2.36. The van der Waals surface area contributed by atoms with E-state index in [1.807, 2.05) is 0 Å². The Hall–Kier alpha value is -0.690. The molecule has 0 aliphatic carbocycles. The van der Waals surface area contributed by atoms with Crippen molar-refractivity contribution >= 4 is 6.41 Å². The molecule has 1 heterocycles. The molecule has 1 aliphatic heterocycles. The van der Waals surface area contributed by atoms with Crippen LogP contribution in [0, 0.1) is 0 Å². The number of nitrogens with one attached hydrogen (secondary N) is 1. The molecule has 0 saturated carbocycles. The van der Waals surface area contributed by atoms with Gasteiger partial charge in [0.1, 0.15) is 0 Å². The molecule has 0 aromatic rings. The van der Waals surface area contributed by atoms with Crippen LogP contribution in [-0.4, -0.2) is 87.9 Å². The lowest BCUT2D eigenvalue weighted by molar-refractivity contribution is -0.109. The van der Waals surface area contributed by atoms with E-state index in [1.165, 1.54) is 0 Å². The first-order valence-electron chi connectivity index (χ1n) is 7.53. The third-order valence-electron chi connectivity index (χ3n) is 3.54. The molecule has 6 nitrogen and oxygen atoms in total. The van der Waals surface area contributed by atoms with Crippen LogP contribution in [0.25, 0.3) is 0 Å². The molecule has 118 valence electrons. The molecule has 1 saturated heterocycles. The van der Waals surface area contributed by atoms with Gasteiger partial charge in [-0.05, 0) is 13.8 Å². The maximum absolute atomic E-state index is 9.99. The molecule has 6 heteroatoms. The van der Waals surface area contributed by atoms with E-state index in [0.29, 0.717) is 38.8 Å². The maximum atomic E-state index is 9.99. The summed E-state index contributed by atoms with van der Waals surface area (Å²) in [6.07, 6.45) is 0.679. The number of piperazine rings is 1. The van der Waals surface area contributed by atoms with E-state index in [4.69, 9.17) is 9.47 Å². The predicted octanol–water partition coefficient (Wildman–Crippen LogP) is -0.208. The van der Waals surface area contributed by atoms with Gasteiger partial charge in [0.05, 0.1) is 26.4 Å². The Balaban J connectivity index is 1.86. The average Bonchev–Trinajstić information content (AvgIpc) is 2.46. The summed E-state index contributed by atoms with van der Waals surface area (Å²) in [5, 5.41) is 2.55. The molecular weight excluding hydrogens is 258 g/mol. The average molecular weight is 287 g/mol. The molecule has 1 fully saturated rings. The van der Waals surface area contributed by atoms with Gasteiger partial charge in [-0.25, -0.2) is 0 Å². The summed E-state index contributed by atoms with van der Waals surface area (Å²) < 4.78 is 10.8. The summed E-state index contributed by atoms with van der Waals surface area (Å²) in [6, 6.07) is 0.652. The summed E-state index contributed by atoms with van der Waals surface area (Å²) in [5.41, 5.74) is 0. The first-order valence-corrected chi connectivity index (χ1v) is 7.53. The van der Waals surface area contributed by atoms with Gasteiger partial charge in [-0.3, -0.25) is 14.6 Å². The van der Waals surface area contributed by atoms with Gasteiger partial charge < -0.3 is 14.8 Å². The van der Waals surface area contributed by atoms with Crippen molar-refractivity contribution in [3.8, 4) is 0 Å². The molecule has 1 aliphatic rings. The van der Waals surface area contributed by atoms with Gasteiger partial charge in [0.25, 0.3) is 0 Å². The zero-order valence-corrected chi connectivity index (χ0v) is 12.8. The molecule has 1 amide bonds. The van der Waals surface area contributed by atoms with E-state index in [9.17, 15) is 4.79 Å². The van der Waals surface area contributed by atoms with Crippen LogP contribution < -0.4 is 5.32 Å². The van der Waals surface area contributed by atoms with E-state index in [1.54, 1.807) is 0 Å². The molecule has 0 atom stereocenters. The normalized spacial score (nSPS) is 17.6. The van der Waals surface area contributed by atoms with Crippen molar-refractivity contribution in [3.05, 3.63) is 0 Å². The topological polar surface area (TPSA) is 54.0 Å². The summed E-state index contributed by atoms with van der Waals surface area (Å²) in [7, 11) is 0. The predicted molar refractivity (Wildman–Crippen MR) is 78.9 cm³/mol. The molecule has 0 aromatic carbocycles. The smallest absolute Gasteiger partial charge is 0.207 e. The van der Waals surface area contributed by atoms with Gasteiger partial charge in [-0.1, -0.05) is 0 Å². The van der Waals surface area contributed by atoms with Gasteiger partial charge in [0, 0.05) is 45.3 Å². The van der Waals surface area contributed by atoms with E-state index >= 15 is 0 Å². The lowest BCUT2D eigenvalue weighted by atomic mass is 10.2. The Morgan fingerprint density at radius 2 is 1.70 bits per heavy atom. The molecule has 0 radical (unpaired) electrons. The zero-order chi connectivity index (χ0) is 14.6. The number of amides is 1. The van der Waals surface area contributed by atoms with Crippen LogP contribution in [0.5, 0.6) is 0 Å². The lowest BCUT2D eigenvalue weighted by Crippen LogP contribution is -2.49. The first-order chi connectivity index (χ1) is 9.74. The minimum absolute atomic E-state index is 0.541. The third kappa shape index (κ3) is 7.79. The second kappa shape index (κ2) is 11.0. The number of carbonyl (C=O) groups excluding carboxylic acids is 1. The van der Waals surface area contributed by atoms with Crippen molar-refractivity contribution in [1.82, 2.24) is 15.1 Å². The fourth-order valence-corrected chi connectivity index (χ4v) is 2.21. The van der Waals surface area contributed by atoms with Crippen molar-refractivity contribution in [2.24, 2.45) is 0 Å². The standard InChI is InChI=1S/C14H29N3O3/c1-14(2)17-6-4-16(5-7-17)8-10-20-12-11-19-9-3-15-13-18/h13-14H,3-12H2,1-2H3,(H,15,18). The molecule has 20 heavy (non-hydrogen) atoms. The molecule has 1 N–H and O–H groups in total. The van der Waals surface area contributed by atoms with Gasteiger partial charge in [-0.15, -0.1) is 0 Å². The Morgan fingerprint density at radius 1 is 1.05 bits per heavy atom. The van der Waals surface area contributed by atoms with Gasteiger partial charge in [0.15, 0.2) is 0 Å². The van der Waals surface area contributed by atoms with Crippen molar-refractivity contribution < 1.29 is 14.3 Å². The number of ether oxygens (including phenoxy) is 2. The summed E-state index contributed by atoms with van der Waals surface area (Å²) >= 11 is 0. The van der Waals surface area contributed by atoms with Gasteiger partial charge in [-0.2, -0.15) is 0 Å². The Morgan fingerprint density at radius 3 is 2.30 bits per heavy atom. The molecular formula is C14H29N3O3. The molecule has 0 aromatic heterocycles. The second-order valence-corrected chi connectivity index (χ2v) is 5.27. The van der Waals surface area contributed by atoms with Crippen molar-refractivity contribution in [1.29, 1.82) is 0 Å². The second-order valence-electron chi connectivity index (χ2n) is 5.27. The number of hydrogen-bond donors (Lipinski definition) is 1. The van der Waals surface area contributed by atoms with Crippen LogP contribution in [0.4, 0.5) is 0 Å². The van der Waals surface area contributed by atoms with E-state index in [-0.39, 0.29) is 0 Å². The van der Waals surface area contributed by atoms with Crippen molar-refractivity contribution in [2.45, 2.75) is 19.9 Å². The fraction of sp³-hybridized carbons (Fsp3) is 0.929. The Kier molecular flexibility index (Phi) is 9.57. The van der Waals surface area contributed by atoms with Crippen molar-refractivity contribution in [2.75, 3.05) is 65.7 Å². The minimum atomic E-state index is 0.541. The van der Waals surface area contributed by atoms with Crippen LogP contribution >= 0.6 is 0 Å². The van der Waals surface area contributed by atoms with Gasteiger partial charge in [0.2, 0.25) is 6.41 Å². The number of nitrogens with zero attached hydrogens (tertiary/aromatic N) is 2. The number of rotatable bonds is 11. The SMILES string of the molecule is CC(C)N1CCN(CCOCCOCCNC=O)CC1. The van der Waals surface area contributed by atoms with E-state index < -0.39 is 0 Å². The van der Waals surface area contributed by atoms with E-state index in [0.717, 1.165) is 39.3 Å². The Bertz CT molecular complexity index is 244. The zero-order valence-electron chi connectivity index (χ0n) is 12.8. The molecule has 0 spiro atoms. The van der Waals surface area contributed by atoms with Crippen LogP contribution in [0.2, 0.25) is 0 Å². The Labute approximate surface area is 122 Å². The summed E-state index contributed by atoms with van der Waals surface area (Å²) in [6.45, 7) is 13.2. The maximum Gasteiger partial charge on any atom is 0.207 e. The van der Waals surface area contributed by atoms with Crippen LogP contribution in [0.3, 0.4) is 0 Å².